The molecule has 4 rings (SSSR count). The van der Waals surface area contributed by atoms with Crippen LogP contribution in [0.25, 0.3) is 0 Å². The lowest BCUT2D eigenvalue weighted by molar-refractivity contribution is -0.118. The number of sulfonamides is 1. The van der Waals surface area contributed by atoms with Crippen molar-refractivity contribution in [2.24, 2.45) is 10.1 Å². The Morgan fingerprint density at radius 2 is 2.06 bits per heavy atom. The number of urea groups is 1. The SMILES string of the molecule is O=C1CN(CC2=NC(CNS(=O)(=O)c3cccc(OC4CCCC4)c3)=NOCC2)C(=O)N1. The van der Waals surface area contributed by atoms with Gasteiger partial charge in [-0.2, -0.15) is 0 Å². The number of amides is 3. The number of aliphatic imine (C=N–C) groups is 1. The predicted octanol–water partition coefficient (Wildman–Crippen LogP) is 1.01. The number of hydrogen-bond acceptors (Lipinski definition) is 8. The molecule has 2 heterocycles. The third-order valence-electron chi connectivity index (χ3n) is 5.32. The number of rotatable bonds is 8. The molecular weight excluding hydrogens is 438 g/mol. The molecule has 1 aromatic rings. The van der Waals surface area contributed by atoms with Gasteiger partial charge < -0.3 is 14.5 Å². The fourth-order valence-electron chi connectivity index (χ4n) is 3.72. The smallest absolute Gasteiger partial charge is 0.324 e. The fourth-order valence-corrected chi connectivity index (χ4v) is 4.73. The minimum absolute atomic E-state index is 0.0446. The van der Waals surface area contributed by atoms with Gasteiger partial charge in [0.2, 0.25) is 15.9 Å². The second kappa shape index (κ2) is 9.65. The van der Waals surface area contributed by atoms with Crippen molar-refractivity contribution in [2.75, 3.05) is 26.2 Å². The first-order valence-corrected chi connectivity index (χ1v) is 12.0. The zero-order valence-electron chi connectivity index (χ0n) is 17.5. The monoisotopic (exact) mass is 463 g/mol. The highest BCUT2D eigenvalue weighted by Crippen LogP contribution is 2.25. The van der Waals surface area contributed by atoms with Crippen LogP contribution >= 0.6 is 0 Å². The first-order valence-electron chi connectivity index (χ1n) is 10.5. The molecule has 0 aromatic heterocycles. The van der Waals surface area contributed by atoms with E-state index in [1.54, 1.807) is 12.1 Å². The Hall–Kier alpha value is -2.99. The van der Waals surface area contributed by atoms with Crippen LogP contribution in [0.3, 0.4) is 0 Å². The van der Waals surface area contributed by atoms with Gasteiger partial charge in [-0.15, -0.1) is 0 Å². The molecule has 12 heteroatoms. The van der Waals surface area contributed by atoms with Crippen molar-refractivity contribution in [1.29, 1.82) is 0 Å². The number of carbonyl (C=O) groups excluding carboxylic acids is 2. The van der Waals surface area contributed by atoms with E-state index in [-0.39, 0.29) is 49.0 Å². The minimum Gasteiger partial charge on any atom is -0.490 e. The lowest BCUT2D eigenvalue weighted by Crippen LogP contribution is -2.34. The molecule has 2 aliphatic heterocycles. The van der Waals surface area contributed by atoms with Crippen molar-refractivity contribution in [3.63, 3.8) is 0 Å². The van der Waals surface area contributed by atoms with E-state index in [2.05, 4.69) is 20.2 Å². The summed E-state index contributed by atoms with van der Waals surface area (Å²) in [6.07, 6.45) is 4.72. The molecule has 0 radical (unpaired) electrons. The number of benzene rings is 1. The highest BCUT2D eigenvalue weighted by Gasteiger charge is 2.28. The van der Waals surface area contributed by atoms with Crippen LogP contribution in [-0.2, 0) is 19.7 Å². The predicted molar refractivity (Wildman–Crippen MR) is 115 cm³/mol. The molecule has 172 valence electrons. The van der Waals surface area contributed by atoms with Crippen LogP contribution in [0.1, 0.15) is 32.1 Å². The summed E-state index contributed by atoms with van der Waals surface area (Å²) in [4.78, 5) is 34.0. The summed E-state index contributed by atoms with van der Waals surface area (Å²) in [6, 6.07) is 5.90. The summed E-state index contributed by atoms with van der Waals surface area (Å²) in [5, 5.41) is 6.06. The van der Waals surface area contributed by atoms with Crippen molar-refractivity contribution in [3.8, 4) is 5.75 Å². The Morgan fingerprint density at radius 1 is 1.25 bits per heavy atom. The molecule has 1 saturated heterocycles. The first-order chi connectivity index (χ1) is 15.4. The maximum atomic E-state index is 12.8. The molecule has 2 fully saturated rings. The van der Waals surface area contributed by atoms with Gasteiger partial charge in [-0.25, -0.2) is 22.9 Å². The topological polar surface area (TPSA) is 139 Å². The van der Waals surface area contributed by atoms with Crippen molar-refractivity contribution >= 4 is 33.5 Å². The summed E-state index contributed by atoms with van der Waals surface area (Å²) in [5.41, 5.74) is 0.567. The lowest BCUT2D eigenvalue weighted by Gasteiger charge is -2.14. The summed E-state index contributed by atoms with van der Waals surface area (Å²) in [6.45, 7) is 0.133. The molecule has 0 spiro atoms. The first kappa shape index (κ1) is 22.2. The Bertz CT molecular complexity index is 1050. The van der Waals surface area contributed by atoms with Gasteiger partial charge in [0.05, 0.1) is 24.1 Å². The van der Waals surface area contributed by atoms with Crippen molar-refractivity contribution in [1.82, 2.24) is 14.9 Å². The zero-order valence-corrected chi connectivity index (χ0v) is 18.3. The van der Waals surface area contributed by atoms with E-state index in [1.165, 1.54) is 17.0 Å². The molecule has 3 amide bonds. The Kier molecular flexibility index (Phi) is 6.70. The number of nitrogens with zero attached hydrogens (tertiary/aromatic N) is 3. The third-order valence-corrected chi connectivity index (χ3v) is 6.72. The number of amidine groups is 1. The van der Waals surface area contributed by atoms with Gasteiger partial charge in [-0.1, -0.05) is 11.2 Å². The molecule has 1 aliphatic carbocycles. The summed E-state index contributed by atoms with van der Waals surface area (Å²) >= 11 is 0. The molecule has 0 unspecified atom stereocenters. The number of hydrogen-bond donors (Lipinski definition) is 2. The maximum Gasteiger partial charge on any atom is 0.324 e. The highest BCUT2D eigenvalue weighted by molar-refractivity contribution is 7.89. The van der Waals surface area contributed by atoms with Crippen LogP contribution in [0.15, 0.2) is 39.3 Å². The summed E-state index contributed by atoms with van der Waals surface area (Å²) in [5.74, 6) is 0.278. The van der Waals surface area contributed by atoms with Crippen LogP contribution < -0.4 is 14.8 Å². The van der Waals surface area contributed by atoms with Gasteiger partial charge in [0.15, 0.2) is 5.84 Å². The van der Waals surface area contributed by atoms with Crippen LogP contribution in [-0.4, -0.2) is 69.1 Å². The van der Waals surface area contributed by atoms with Gasteiger partial charge in [-0.3, -0.25) is 10.1 Å². The molecule has 3 aliphatic rings. The second-order valence-corrected chi connectivity index (χ2v) is 9.57. The van der Waals surface area contributed by atoms with E-state index in [0.717, 1.165) is 25.7 Å². The normalized spacial score (nSPS) is 19.8. The molecule has 0 bridgehead atoms. The number of imide groups is 1. The van der Waals surface area contributed by atoms with Gasteiger partial charge in [0.1, 0.15) is 18.9 Å². The van der Waals surface area contributed by atoms with Gasteiger partial charge in [-0.05, 0) is 37.8 Å². The Balaban J connectivity index is 1.39. The number of nitrogens with one attached hydrogen (secondary N) is 2. The lowest BCUT2D eigenvalue weighted by atomic mass is 10.2. The van der Waals surface area contributed by atoms with Crippen molar-refractivity contribution < 1.29 is 27.6 Å². The van der Waals surface area contributed by atoms with E-state index < -0.39 is 16.1 Å². The van der Waals surface area contributed by atoms with E-state index >= 15 is 0 Å². The average molecular weight is 464 g/mol. The summed E-state index contributed by atoms with van der Waals surface area (Å²) in [7, 11) is -3.84. The van der Waals surface area contributed by atoms with Crippen LogP contribution in [0.2, 0.25) is 0 Å². The third kappa shape index (κ3) is 5.62. The molecular formula is C20H25N5O6S. The van der Waals surface area contributed by atoms with E-state index in [0.29, 0.717) is 17.9 Å². The molecule has 1 saturated carbocycles. The van der Waals surface area contributed by atoms with E-state index in [1.807, 2.05) is 0 Å². The van der Waals surface area contributed by atoms with Crippen LogP contribution in [0.4, 0.5) is 4.79 Å². The van der Waals surface area contributed by atoms with Gasteiger partial charge in [0.25, 0.3) is 0 Å². The number of ether oxygens (including phenoxy) is 1. The Morgan fingerprint density at radius 3 is 2.81 bits per heavy atom. The average Bonchev–Trinajstić information content (AvgIpc) is 3.30. The Labute approximate surface area is 185 Å². The van der Waals surface area contributed by atoms with E-state index in [9.17, 15) is 18.0 Å². The number of carbonyl (C=O) groups is 2. The molecule has 0 atom stereocenters. The molecule has 11 nitrogen and oxygen atoms in total. The van der Waals surface area contributed by atoms with Crippen LogP contribution in [0, 0.1) is 0 Å². The van der Waals surface area contributed by atoms with E-state index in [4.69, 9.17) is 9.57 Å². The standard InChI is InChI=1S/C20H25N5O6S/c26-19-13-25(20(27)23-19)12-14-8-9-30-24-18(22-14)11-21-32(28,29)17-7-3-6-16(10-17)31-15-4-1-2-5-15/h3,6-7,10,15,21H,1-2,4-5,8-9,11-13H2,(H,23,26,27). The summed E-state index contributed by atoms with van der Waals surface area (Å²) < 4.78 is 33.9. The molecule has 32 heavy (non-hydrogen) atoms. The zero-order chi connectivity index (χ0) is 22.6. The highest BCUT2D eigenvalue weighted by atomic mass is 32.2. The largest absolute Gasteiger partial charge is 0.490 e. The van der Waals surface area contributed by atoms with Crippen LogP contribution in [0.5, 0.6) is 5.75 Å². The second-order valence-electron chi connectivity index (χ2n) is 7.80. The minimum atomic E-state index is -3.84. The quantitative estimate of drug-likeness (QED) is 0.552. The van der Waals surface area contributed by atoms with Crippen molar-refractivity contribution in [2.45, 2.75) is 43.1 Å². The van der Waals surface area contributed by atoms with Crippen molar-refractivity contribution in [3.05, 3.63) is 24.3 Å². The molecule has 1 aromatic carbocycles. The number of oxime groups is 1. The maximum absolute atomic E-state index is 12.8. The van der Waals surface area contributed by atoms with Gasteiger partial charge >= 0.3 is 6.03 Å². The van der Waals surface area contributed by atoms with Gasteiger partial charge in [0, 0.05) is 18.2 Å². The fraction of sp³-hybridized carbons (Fsp3) is 0.500. The molecule has 2 N–H and O–H groups in total.